The third-order valence-corrected chi connectivity index (χ3v) is 4.06. The summed E-state index contributed by atoms with van der Waals surface area (Å²) in [6, 6.07) is 7.80. The number of halogens is 2. The highest BCUT2D eigenvalue weighted by Crippen LogP contribution is 2.26. The highest BCUT2D eigenvalue weighted by molar-refractivity contribution is 9.09. The summed E-state index contributed by atoms with van der Waals surface area (Å²) < 4.78 is 13.6. The summed E-state index contributed by atoms with van der Waals surface area (Å²) in [7, 11) is 0. The molecule has 0 spiro atoms. The van der Waals surface area contributed by atoms with Gasteiger partial charge in [0, 0.05) is 23.5 Å². The van der Waals surface area contributed by atoms with Gasteiger partial charge >= 0.3 is 0 Å². The molecule has 3 heteroatoms. The van der Waals surface area contributed by atoms with Crippen LogP contribution in [0.25, 0.3) is 0 Å². The Hall–Kier alpha value is -0.410. The van der Waals surface area contributed by atoms with E-state index >= 15 is 0 Å². The van der Waals surface area contributed by atoms with Crippen LogP contribution in [0.15, 0.2) is 24.3 Å². The Bertz CT molecular complexity index is 352. The molecule has 1 aromatic carbocycles. The molecule has 1 aliphatic rings. The van der Waals surface area contributed by atoms with Crippen LogP contribution in [0.4, 0.5) is 4.39 Å². The van der Waals surface area contributed by atoms with E-state index in [-0.39, 0.29) is 5.82 Å². The van der Waals surface area contributed by atoms with Crippen molar-refractivity contribution in [2.75, 3.05) is 11.9 Å². The maximum atomic E-state index is 13.6. The molecule has 0 unspecified atom stereocenters. The Kier molecular flexibility index (Phi) is 4.99. The number of hydrogen-bond acceptors (Lipinski definition) is 1. The van der Waals surface area contributed by atoms with Gasteiger partial charge < -0.3 is 0 Å². The summed E-state index contributed by atoms with van der Waals surface area (Å²) >= 11 is 3.47. The van der Waals surface area contributed by atoms with Crippen molar-refractivity contribution >= 4 is 15.9 Å². The fourth-order valence-electron chi connectivity index (χ4n) is 2.25. The molecule has 1 fully saturated rings. The van der Waals surface area contributed by atoms with Crippen LogP contribution >= 0.6 is 15.9 Å². The van der Waals surface area contributed by atoms with Gasteiger partial charge in [-0.2, -0.15) is 0 Å². The summed E-state index contributed by atoms with van der Waals surface area (Å²) in [5, 5.41) is 1.02. The van der Waals surface area contributed by atoms with Gasteiger partial charge in [0.2, 0.25) is 0 Å². The van der Waals surface area contributed by atoms with Crippen molar-refractivity contribution in [3.63, 3.8) is 0 Å². The van der Waals surface area contributed by atoms with Crippen LogP contribution in [-0.2, 0) is 6.54 Å². The quantitative estimate of drug-likeness (QED) is 0.719. The average Bonchev–Trinajstić information content (AvgIpc) is 2.26. The molecule has 1 aliphatic carbocycles. The van der Waals surface area contributed by atoms with E-state index in [0.717, 1.165) is 30.4 Å². The fourth-order valence-corrected chi connectivity index (χ4v) is 2.50. The van der Waals surface area contributed by atoms with Crippen LogP contribution in [0, 0.1) is 5.82 Å². The van der Waals surface area contributed by atoms with Gasteiger partial charge in [0.05, 0.1) is 0 Å². The van der Waals surface area contributed by atoms with Gasteiger partial charge in [-0.3, -0.25) is 4.90 Å². The monoisotopic (exact) mass is 299 g/mol. The van der Waals surface area contributed by atoms with Crippen LogP contribution < -0.4 is 0 Å². The fraction of sp³-hybridized carbons (Fsp3) is 0.571. The van der Waals surface area contributed by atoms with Crippen molar-refractivity contribution in [1.82, 2.24) is 4.90 Å². The van der Waals surface area contributed by atoms with Gasteiger partial charge in [0.15, 0.2) is 0 Å². The lowest BCUT2D eigenvalue weighted by molar-refractivity contribution is 0.118. The second kappa shape index (κ2) is 6.50. The molecule has 1 aromatic rings. The number of rotatable bonds is 6. The first-order valence-corrected chi connectivity index (χ1v) is 7.47. The lowest BCUT2D eigenvalue weighted by Gasteiger charge is -2.37. The molecule has 0 atom stereocenters. The molecule has 0 amide bonds. The van der Waals surface area contributed by atoms with Crippen LogP contribution in [0.5, 0.6) is 0 Å². The van der Waals surface area contributed by atoms with Crippen LogP contribution in [0.1, 0.15) is 31.2 Å². The average molecular weight is 300 g/mol. The normalized spacial score (nSPS) is 16.2. The van der Waals surface area contributed by atoms with E-state index in [9.17, 15) is 4.39 Å². The molecule has 0 heterocycles. The zero-order valence-electron chi connectivity index (χ0n) is 10.0. The molecule has 0 aromatic heterocycles. The predicted octanol–water partition coefficient (Wildman–Crippen LogP) is 3.97. The minimum Gasteiger partial charge on any atom is -0.296 e. The van der Waals surface area contributed by atoms with Gasteiger partial charge in [-0.15, -0.1) is 0 Å². The summed E-state index contributed by atoms with van der Waals surface area (Å²) in [5.41, 5.74) is 0.828. The van der Waals surface area contributed by atoms with Gasteiger partial charge in [-0.1, -0.05) is 40.5 Å². The van der Waals surface area contributed by atoms with Gasteiger partial charge in [0.1, 0.15) is 5.82 Å². The number of alkyl halides is 1. The van der Waals surface area contributed by atoms with Crippen LogP contribution in [-0.4, -0.2) is 22.8 Å². The minimum atomic E-state index is -0.0735. The first-order valence-electron chi connectivity index (χ1n) is 6.34. The molecule has 0 N–H and O–H groups in total. The second-order valence-electron chi connectivity index (χ2n) is 4.69. The molecule has 17 heavy (non-hydrogen) atoms. The Morgan fingerprint density at radius 2 is 2.06 bits per heavy atom. The molecular weight excluding hydrogens is 281 g/mol. The largest absolute Gasteiger partial charge is 0.296 e. The van der Waals surface area contributed by atoms with E-state index in [1.165, 1.54) is 19.3 Å². The summed E-state index contributed by atoms with van der Waals surface area (Å²) in [6.07, 6.45) is 5.01. The third kappa shape index (κ3) is 3.52. The lowest BCUT2D eigenvalue weighted by atomic mass is 9.91. The van der Waals surface area contributed by atoms with E-state index in [0.29, 0.717) is 6.04 Å². The second-order valence-corrected chi connectivity index (χ2v) is 5.48. The first kappa shape index (κ1) is 13.0. The smallest absolute Gasteiger partial charge is 0.127 e. The summed E-state index contributed by atoms with van der Waals surface area (Å²) in [5.74, 6) is -0.0735. The predicted molar refractivity (Wildman–Crippen MR) is 72.9 cm³/mol. The summed E-state index contributed by atoms with van der Waals surface area (Å²) in [6.45, 7) is 1.81. The first-order chi connectivity index (χ1) is 8.31. The van der Waals surface area contributed by atoms with Crippen molar-refractivity contribution in [3.8, 4) is 0 Å². The molecule has 1 nitrogen and oxygen atoms in total. The Morgan fingerprint density at radius 1 is 1.29 bits per heavy atom. The third-order valence-electron chi connectivity index (χ3n) is 3.50. The van der Waals surface area contributed by atoms with Crippen molar-refractivity contribution < 1.29 is 4.39 Å². The zero-order valence-corrected chi connectivity index (χ0v) is 11.6. The standard InChI is InChI=1S/C14H19BrFN/c15-9-4-10-17(13-6-3-7-13)11-12-5-1-2-8-14(12)16/h1-2,5,8,13H,3-4,6-7,9-11H2. The van der Waals surface area contributed by atoms with Gasteiger partial charge in [-0.05, 0) is 31.9 Å². The van der Waals surface area contributed by atoms with Gasteiger partial charge in [-0.25, -0.2) is 4.39 Å². The van der Waals surface area contributed by atoms with Crippen LogP contribution in [0.2, 0.25) is 0 Å². The Balaban J connectivity index is 1.98. The molecule has 0 radical (unpaired) electrons. The molecule has 94 valence electrons. The minimum absolute atomic E-state index is 0.0735. The van der Waals surface area contributed by atoms with Crippen molar-refractivity contribution in [2.45, 2.75) is 38.3 Å². The van der Waals surface area contributed by atoms with Gasteiger partial charge in [0.25, 0.3) is 0 Å². The van der Waals surface area contributed by atoms with E-state index in [2.05, 4.69) is 20.8 Å². The van der Waals surface area contributed by atoms with Crippen molar-refractivity contribution in [2.24, 2.45) is 0 Å². The maximum Gasteiger partial charge on any atom is 0.127 e. The highest BCUT2D eigenvalue weighted by atomic mass is 79.9. The zero-order chi connectivity index (χ0) is 12.1. The van der Waals surface area contributed by atoms with Crippen molar-refractivity contribution in [1.29, 1.82) is 0 Å². The van der Waals surface area contributed by atoms with Crippen molar-refractivity contribution in [3.05, 3.63) is 35.6 Å². The topological polar surface area (TPSA) is 3.24 Å². The Labute approximate surface area is 111 Å². The molecular formula is C14H19BrFN. The molecule has 1 saturated carbocycles. The number of nitrogens with zero attached hydrogens (tertiary/aromatic N) is 1. The molecule has 0 bridgehead atoms. The number of benzene rings is 1. The maximum absolute atomic E-state index is 13.6. The Morgan fingerprint density at radius 3 is 2.65 bits per heavy atom. The van der Waals surface area contributed by atoms with Crippen LogP contribution in [0.3, 0.4) is 0 Å². The number of hydrogen-bond donors (Lipinski definition) is 0. The highest BCUT2D eigenvalue weighted by Gasteiger charge is 2.24. The molecule has 0 aliphatic heterocycles. The molecule has 0 saturated heterocycles. The molecule has 2 rings (SSSR count). The SMILES string of the molecule is Fc1ccccc1CN(CCCBr)C1CCC1. The van der Waals surface area contributed by atoms with E-state index in [4.69, 9.17) is 0 Å². The summed E-state index contributed by atoms with van der Waals surface area (Å²) in [4.78, 5) is 2.43. The van der Waals surface area contributed by atoms with E-state index in [1.54, 1.807) is 12.1 Å². The van der Waals surface area contributed by atoms with E-state index in [1.807, 2.05) is 12.1 Å². The lowest BCUT2D eigenvalue weighted by Crippen LogP contribution is -2.40. The van der Waals surface area contributed by atoms with E-state index < -0.39 is 0 Å².